The summed E-state index contributed by atoms with van der Waals surface area (Å²) in [6.45, 7) is 2.54. The molecule has 1 aromatic heterocycles. The minimum atomic E-state index is -3.05. The Labute approximate surface area is 283 Å². The summed E-state index contributed by atoms with van der Waals surface area (Å²) in [7, 11) is 0. The van der Waals surface area contributed by atoms with Gasteiger partial charge < -0.3 is 34.2 Å². The quantitative estimate of drug-likeness (QED) is 0.197. The van der Waals surface area contributed by atoms with E-state index in [4.69, 9.17) is 19.6 Å². The highest BCUT2D eigenvalue weighted by molar-refractivity contribution is 5.94. The van der Waals surface area contributed by atoms with E-state index in [1.165, 1.54) is 34.5 Å². The second kappa shape index (κ2) is 16.2. The van der Waals surface area contributed by atoms with Gasteiger partial charge in [-0.25, -0.2) is 4.98 Å². The molecule has 0 aliphatic carbocycles. The van der Waals surface area contributed by atoms with Crippen LogP contribution in [0, 0.1) is 0 Å². The van der Waals surface area contributed by atoms with Gasteiger partial charge in [0.15, 0.2) is 23.0 Å². The van der Waals surface area contributed by atoms with Gasteiger partial charge in [0, 0.05) is 57.8 Å². The highest BCUT2D eigenvalue weighted by atomic mass is 19.3. The van der Waals surface area contributed by atoms with Crippen LogP contribution in [0.1, 0.15) is 41.1 Å². The summed E-state index contributed by atoms with van der Waals surface area (Å²) in [6.07, 6.45) is 1.46. The fourth-order valence-corrected chi connectivity index (χ4v) is 6.19. The Bertz CT molecular complexity index is 1730. The number of ether oxygens (including phenoxy) is 3. The molecule has 2 saturated heterocycles. The molecule has 2 amide bonds. The summed E-state index contributed by atoms with van der Waals surface area (Å²) in [5, 5.41) is 2.43. The lowest BCUT2D eigenvalue weighted by atomic mass is 10.0. The molecule has 49 heavy (non-hydrogen) atoms. The smallest absolute Gasteiger partial charge is 0.387 e. The van der Waals surface area contributed by atoms with Gasteiger partial charge in [-0.1, -0.05) is 42.5 Å². The topological polar surface area (TPSA) is 124 Å². The Morgan fingerprint density at radius 1 is 0.898 bits per heavy atom. The zero-order valence-corrected chi connectivity index (χ0v) is 27.3. The van der Waals surface area contributed by atoms with Crippen LogP contribution >= 0.6 is 0 Å². The number of halogens is 2. The van der Waals surface area contributed by atoms with E-state index in [0.717, 1.165) is 6.54 Å². The van der Waals surface area contributed by atoms with Crippen molar-refractivity contribution in [2.75, 3.05) is 59.1 Å². The van der Waals surface area contributed by atoms with Gasteiger partial charge in [-0.05, 0) is 47.4 Å². The standard InChI is InChI=1S/C36H41F2N5O6/c37-36(38)49-29-12-11-26(22-30(29)47-19-4-3-10-32(44)42-17-20-46-21-18-42)34-40-33(31(23-39)48-34)35(45)43-15-13-41(14-16-43)24-27-8-5-7-25-6-1-2-9-28(25)27/h1-2,5-9,11-12,22,36H,3-4,10,13-21,23-24,39H2. The van der Waals surface area contributed by atoms with Gasteiger partial charge in [0.25, 0.3) is 5.91 Å². The van der Waals surface area contributed by atoms with Crippen molar-refractivity contribution < 1.29 is 37.0 Å². The highest BCUT2D eigenvalue weighted by Gasteiger charge is 2.28. The van der Waals surface area contributed by atoms with E-state index in [9.17, 15) is 18.4 Å². The second-order valence-corrected chi connectivity index (χ2v) is 12.0. The molecular formula is C36H41F2N5O6. The van der Waals surface area contributed by atoms with Crippen molar-refractivity contribution in [2.24, 2.45) is 5.73 Å². The van der Waals surface area contributed by atoms with Crippen LogP contribution in [0.5, 0.6) is 11.5 Å². The van der Waals surface area contributed by atoms with Gasteiger partial charge in [0.05, 0.1) is 26.4 Å². The minimum absolute atomic E-state index is 0.0474. The van der Waals surface area contributed by atoms with Crippen molar-refractivity contribution in [3.8, 4) is 23.0 Å². The van der Waals surface area contributed by atoms with E-state index >= 15 is 0 Å². The van der Waals surface area contributed by atoms with Crippen LogP contribution in [0.4, 0.5) is 8.78 Å². The average Bonchev–Trinajstić information content (AvgIpc) is 3.57. The Morgan fingerprint density at radius 2 is 1.67 bits per heavy atom. The number of carbonyl (C=O) groups excluding carboxylic acids is 2. The average molecular weight is 678 g/mol. The number of nitrogens with two attached hydrogens (primary N) is 1. The van der Waals surface area contributed by atoms with E-state index in [-0.39, 0.29) is 53.8 Å². The number of piperazine rings is 1. The molecular weight excluding hydrogens is 636 g/mol. The minimum Gasteiger partial charge on any atom is -0.490 e. The molecule has 11 nitrogen and oxygen atoms in total. The van der Waals surface area contributed by atoms with Crippen LogP contribution in [-0.2, 0) is 22.6 Å². The van der Waals surface area contributed by atoms with Gasteiger partial charge in [0.2, 0.25) is 11.8 Å². The van der Waals surface area contributed by atoms with Crippen molar-refractivity contribution in [1.82, 2.24) is 19.7 Å². The lowest BCUT2D eigenvalue weighted by Crippen LogP contribution is -2.48. The molecule has 6 rings (SSSR count). The maximum absolute atomic E-state index is 13.6. The first-order valence-corrected chi connectivity index (χ1v) is 16.6. The number of hydrogen-bond acceptors (Lipinski definition) is 9. The van der Waals surface area contributed by atoms with Crippen LogP contribution in [-0.4, -0.2) is 97.2 Å². The highest BCUT2D eigenvalue weighted by Crippen LogP contribution is 2.35. The van der Waals surface area contributed by atoms with E-state index in [0.29, 0.717) is 77.3 Å². The SMILES string of the molecule is NCc1oc(-c2ccc(OC(F)F)c(OCCCCC(=O)N3CCOCC3)c2)nc1C(=O)N1CCN(Cc2cccc3ccccc23)CC1. The summed E-state index contributed by atoms with van der Waals surface area (Å²) in [5.41, 5.74) is 7.74. The number of amides is 2. The van der Waals surface area contributed by atoms with Crippen LogP contribution in [0.3, 0.4) is 0 Å². The van der Waals surface area contributed by atoms with Crippen molar-refractivity contribution in [3.63, 3.8) is 0 Å². The molecule has 2 aliphatic rings. The molecule has 0 spiro atoms. The molecule has 3 aromatic carbocycles. The maximum atomic E-state index is 13.6. The molecule has 0 radical (unpaired) electrons. The zero-order valence-electron chi connectivity index (χ0n) is 27.3. The summed E-state index contributed by atoms with van der Waals surface area (Å²) in [5.74, 6) is 0.0497. The number of aromatic nitrogens is 1. The third kappa shape index (κ3) is 8.53. The van der Waals surface area contributed by atoms with Gasteiger partial charge in [-0.3, -0.25) is 14.5 Å². The first-order chi connectivity index (χ1) is 23.9. The molecule has 2 aliphatic heterocycles. The molecule has 2 fully saturated rings. The van der Waals surface area contributed by atoms with E-state index < -0.39 is 6.61 Å². The summed E-state index contributed by atoms with van der Waals surface area (Å²) < 4.78 is 48.1. The zero-order chi connectivity index (χ0) is 34.2. The first kappa shape index (κ1) is 34.3. The molecule has 3 heterocycles. The fourth-order valence-electron chi connectivity index (χ4n) is 6.19. The second-order valence-electron chi connectivity index (χ2n) is 12.0. The van der Waals surface area contributed by atoms with Crippen molar-refractivity contribution >= 4 is 22.6 Å². The van der Waals surface area contributed by atoms with Crippen molar-refractivity contribution in [1.29, 1.82) is 0 Å². The number of benzene rings is 3. The third-order valence-electron chi connectivity index (χ3n) is 8.83. The normalized spacial score (nSPS) is 15.6. The number of unbranched alkanes of at least 4 members (excludes halogenated alkanes) is 1. The number of rotatable bonds is 13. The summed E-state index contributed by atoms with van der Waals surface area (Å²) >= 11 is 0. The van der Waals surface area contributed by atoms with Crippen molar-refractivity contribution in [3.05, 3.63) is 77.7 Å². The number of oxazole rings is 1. The first-order valence-electron chi connectivity index (χ1n) is 16.6. The van der Waals surface area contributed by atoms with Gasteiger partial charge in [0.1, 0.15) is 0 Å². The molecule has 0 bridgehead atoms. The Morgan fingerprint density at radius 3 is 2.45 bits per heavy atom. The molecule has 0 atom stereocenters. The van der Waals surface area contributed by atoms with Gasteiger partial charge in [-0.15, -0.1) is 0 Å². The third-order valence-corrected chi connectivity index (χ3v) is 8.83. The molecule has 13 heteroatoms. The number of carbonyl (C=O) groups is 2. The van der Waals surface area contributed by atoms with Crippen molar-refractivity contribution in [2.45, 2.75) is 39.0 Å². The lowest BCUT2D eigenvalue weighted by molar-refractivity contribution is -0.135. The number of alkyl halides is 2. The lowest BCUT2D eigenvalue weighted by Gasteiger charge is -2.34. The monoisotopic (exact) mass is 677 g/mol. The van der Waals surface area contributed by atoms with E-state index in [1.54, 1.807) is 9.80 Å². The van der Waals surface area contributed by atoms with Crippen LogP contribution < -0.4 is 15.2 Å². The molecule has 2 N–H and O–H groups in total. The molecule has 0 saturated carbocycles. The number of nitrogens with zero attached hydrogens (tertiary/aromatic N) is 4. The van der Waals surface area contributed by atoms with Crippen LogP contribution in [0.15, 0.2) is 65.1 Å². The van der Waals surface area contributed by atoms with Gasteiger partial charge in [-0.2, -0.15) is 8.78 Å². The van der Waals surface area contributed by atoms with Crippen LogP contribution in [0.25, 0.3) is 22.2 Å². The maximum Gasteiger partial charge on any atom is 0.387 e. The summed E-state index contributed by atoms with van der Waals surface area (Å²) in [4.78, 5) is 36.4. The largest absolute Gasteiger partial charge is 0.490 e. The fraction of sp³-hybridized carbons (Fsp3) is 0.417. The van der Waals surface area contributed by atoms with E-state index in [2.05, 4.69) is 45.0 Å². The summed E-state index contributed by atoms with van der Waals surface area (Å²) in [6, 6.07) is 19.0. The Hall–Kier alpha value is -4.59. The van der Waals surface area contributed by atoms with Gasteiger partial charge >= 0.3 is 6.61 Å². The van der Waals surface area contributed by atoms with E-state index in [1.807, 2.05) is 12.1 Å². The molecule has 4 aromatic rings. The Balaban J connectivity index is 1.08. The number of morpholine rings is 1. The molecule has 260 valence electrons. The predicted octanol–water partition coefficient (Wildman–Crippen LogP) is 4.92. The predicted molar refractivity (Wildman–Crippen MR) is 178 cm³/mol. The van der Waals surface area contributed by atoms with Crippen LogP contribution in [0.2, 0.25) is 0 Å². The number of fused-ring (bicyclic) bond motifs is 1. The molecule has 0 unspecified atom stereocenters. The number of hydrogen-bond donors (Lipinski definition) is 1. The Kier molecular flexibility index (Phi) is 11.3.